The Balaban J connectivity index is 1.68. The van der Waals surface area contributed by atoms with Gasteiger partial charge in [0.25, 0.3) is 5.91 Å². The molecule has 3 rings (SSSR count). The zero-order chi connectivity index (χ0) is 21.3. The number of hydrogen-bond donors (Lipinski definition) is 3. The average molecular weight is 412 g/mol. The van der Waals surface area contributed by atoms with Gasteiger partial charge in [-0.2, -0.15) is 0 Å². The maximum atomic E-state index is 13.5. The van der Waals surface area contributed by atoms with Gasteiger partial charge in [0.15, 0.2) is 0 Å². The molecule has 0 saturated carbocycles. The fraction of sp³-hybridized carbons (Fsp3) is 0.318. The van der Waals surface area contributed by atoms with Crippen LogP contribution in [0.15, 0.2) is 53.5 Å². The summed E-state index contributed by atoms with van der Waals surface area (Å²) in [5, 5.41) is 8.42. The minimum absolute atomic E-state index is 0.0132. The van der Waals surface area contributed by atoms with E-state index >= 15 is 0 Å². The van der Waals surface area contributed by atoms with E-state index in [1.54, 1.807) is 36.4 Å². The van der Waals surface area contributed by atoms with Crippen molar-refractivity contribution in [2.24, 2.45) is 4.99 Å². The maximum Gasteiger partial charge on any atom is 0.257 e. The van der Waals surface area contributed by atoms with E-state index < -0.39 is 0 Å². The topological polar surface area (TPSA) is 91.8 Å². The first-order chi connectivity index (χ1) is 14.5. The first-order valence-electron chi connectivity index (χ1n) is 9.83. The fourth-order valence-electron chi connectivity index (χ4n) is 2.97. The number of halogens is 1. The fourth-order valence-corrected chi connectivity index (χ4v) is 2.97. The van der Waals surface area contributed by atoms with E-state index in [4.69, 9.17) is 4.74 Å². The summed E-state index contributed by atoms with van der Waals surface area (Å²) in [6.07, 6.45) is 1.92. The normalized spacial score (nSPS) is 16.2. The third kappa shape index (κ3) is 6.66. The van der Waals surface area contributed by atoms with E-state index in [9.17, 15) is 14.0 Å². The van der Waals surface area contributed by atoms with Crippen molar-refractivity contribution in [2.45, 2.75) is 32.4 Å². The Morgan fingerprint density at radius 2 is 2.00 bits per heavy atom. The van der Waals surface area contributed by atoms with Gasteiger partial charge in [-0.15, -0.1) is 0 Å². The number of benzene rings is 2. The average Bonchev–Trinajstić information content (AvgIpc) is 3.24. The molecule has 30 heavy (non-hydrogen) atoms. The van der Waals surface area contributed by atoms with E-state index in [1.165, 1.54) is 19.1 Å². The molecule has 0 aromatic heterocycles. The largest absolute Gasteiger partial charge is 0.376 e. The first kappa shape index (κ1) is 21.4. The van der Waals surface area contributed by atoms with E-state index in [0.29, 0.717) is 30.9 Å². The van der Waals surface area contributed by atoms with Gasteiger partial charge in [-0.05, 0) is 48.7 Å². The van der Waals surface area contributed by atoms with Crippen LogP contribution in [0.3, 0.4) is 0 Å². The molecule has 0 spiro atoms. The number of carbonyl (C=O) groups is 2. The van der Waals surface area contributed by atoms with Crippen molar-refractivity contribution in [2.75, 3.05) is 18.5 Å². The van der Waals surface area contributed by atoms with E-state index in [0.717, 1.165) is 18.4 Å². The van der Waals surface area contributed by atoms with Crippen molar-refractivity contribution in [3.8, 4) is 0 Å². The summed E-state index contributed by atoms with van der Waals surface area (Å²) in [5.41, 5.74) is 1.80. The highest BCUT2D eigenvalue weighted by molar-refractivity contribution is 6.09. The quantitative estimate of drug-likeness (QED) is 0.503. The van der Waals surface area contributed by atoms with Crippen LogP contribution in [0, 0.1) is 5.82 Å². The molecule has 2 aromatic rings. The molecule has 1 atom stereocenters. The molecular weight excluding hydrogens is 387 g/mol. The zero-order valence-corrected chi connectivity index (χ0v) is 16.8. The molecule has 1 aliphatic heterocycles. The molecule has 3 N–H and O–H groups in total. The molecule has 7 nitrogen and oxygen atoms in total. The summed E-state index contributed by atoms with van der Waals surface area (Å²) < 4.78 is 19.1. The van der Waals surface area contributed by atoms with Gasteiger partial charge in [-0.25, -0.2) is 9.38 Å². The molecule has 1 aliphatic rings. The van der Waals surface area contributed by atoms with Crippen LogP contribution in [0.4, 0.5) is 10.1 Å². The Hall–Kier alpha value is -3.26. The van der Waals surface area contributed by atoms with Gasteiger partial charge in [-0.3, -0.25) is 14.9 Å². The summed E-state index contributed by atoms with van der Waals surface area (Å²) in [6, 6.07) is 12.8. The van der Waals surface area contributed by atoms with Crippen LogP contribution < -0.4 is 16.0 Å². The third-order valence-electron chi connectivity index (χ3n) is 4.55. The summed E-state index contributed by atoms with van der Waals surface area (Å²) in [7, 11) is 0. The summed E-state index contributed by atoms with van der Waals surface area (Å²) >= 11 is 0. The molecule has 8 heteroatoms. The Kier molecular flexibility index (Phi) is 7.51. The van der Waals surface area contributed by atoms with Gasteiger partial charge in [-0.1, -0.05) is 18.2 Å². The Labute approximate surface area is 174 Å². The number of ether oxygens (including phenoxy) is 1. The number of nitrogens with zero attached hydrogens (tertiary/aromatic N) is 1. The van der Waals surface area contributed by atoms with E-state index in [2.05, 4.69) is 20.9 Å². The van der Waals surface area contributed by atoms with Crippen molar-refractivity contribution in [1.82, 2.24) is 10.6 Å². The van der Waals surface area contributed by atoms with Crippen LogP contribution in [0.2, 0.25) is 0 Å². The van der Waals surface area contributed by atoms with Crippen LogP contribution in [-0.2, 0) is 16.1 Å². The number of carbonyl (C=O) groups excluding carboxylic acids is 2. The van der Waals surface area contributed by atoms with Gasteiger partial charge >= 0.3 is 0 Å². The molecule has 2 aromatic carbocycles. The second-order valence-corrected chi connectivity index (χ2v) is 7.02. The highest BCUT2D eigenvalue weighted by atomic mass is 19.1. The third-order valence-corrected chi connectivity index (χ3v) is 4.55. The Bertz CT molecular complexity index is 909. The van der Waals surface area contributed by atoms with Crippen LogP contribution in [-0.4, -0.2) is 37.0 Å². The SMILES string of the molecule is CC(=O)NCc1ccc(C(=O)NC(=NC[C@@H]2CCCO2)Nc2cccc(F)c2)cc1. The molecule has 0 bridgehead atoms. The summed E-state index contributed by atoms with van der Waals surface area (Å²) in [5.74, 6) is -0.633. The number of rotatable bonds is 6. The summed E-state index contributed by atoms with van der Waals surface area (Å²) in [4.78, 5) is 28.1. The summed E-state index contributed by atoms with van der Waals surface area (Å²) in [6.45, 7) is 2.95. The first-order valence-corrected chi connectivity index (χ1v) is 9.83. The standard InChI is InChI=1S/C22H25FN4O3/c1-15(28)24-13-16-7-9-17(10-8-16)21(29)27-22(25-14-20-6-3-11-30-20)26-19-5-2-4-18(23)12-19/h2,4-5,7-10,12,20H,3,6,11,13-14H2,1H3,(H,24,28)(H2,25,26,27,29)/t20-/m0/s1. The highest BCUT2D eigenvalue weighted by Gasteiger charge is 2.16. The lowest BCUT2D eigenvalue weighted by molar-refractivity contribution is -0.119. The van der Waals surface area contributed by atoms with Crippen LogP contribution in [0.25, 0.3) is 0 Å². The second kappa shape index (κ2) is 10.5. The van der Waals surface area contributed by atoms with Crippen molar-refractivity contribution in [3.63, 3.8) is 0 Å². The van der Waals surface area contributed by atoms with Gasteiger partial charge in [0.2, 0.25) is 11.9 Å². The minimum Gasteiger partial charge on any atom is -0.376 e. The Morgan fingerprint density at radius 1 is 1.20 bits per heavy atom. The predicted octanol–water partition coefficient (Wildman–Crippen LogP) is 2.84. The van der Waals surface area contributed by atoms with Gasteiger partial charge < -0.3 is 15.4 Å². The van der Waals surface area contributed by atoms with E-state index in [1.807, 2.05) is 0 Å². The molecule has 2 amide bonds. The highest BCUT2D eigenvalue weighted by Crippen LogP contribution is 2.13. The smallest absolute Gasteiger partial charge is 0.257 e. The van der Waals surface area contributed by atoms with Crippen LogP contribution in [0.1, 0.15) is 35.7 Å². The molecule has 0 aliphatic carbocycles. The van der Waals surface area contributed by atoms with Crippen LogP contribution >= 0.6 is 0 Å². The number of aliphatic imine (C=N–C) groups is 1. The molecule has 1 saturated heterocycles. The number of guanidine groups is 1. The maximum absolute atomic E-state index is 13.5. The number of anilines is 1. The van der Waals surface area contributed by atoms with Gasteiger partial charge in [0.05, 0.1) is 12.6 Å². The van der Waals surface area contributed by atoms with Crippen LogP contribution in [0.5, 0.6) is 0 Å². The van der Waals surface area contributed by atoms with Gasteiger partial charge in [0.1, 0.15) is 5.82 Å². The van der Waals surface area contributed by atoms with Crippen molar-refractivity contribution >= 4 is 23.5 Å². The molecule has 1 fully saturated rings. The lowest BCUT2D eigenvalue weighted by Gasteiger charge is -2.13. The Morgan fingerprint density at radius 3 is 2.67 bits per heavy atom. The van der Waals surface area contributed by atoms with Crippen molar-refractivity contribution < 1.29 is 18.7 Å². The number of nitrogens with one attached hydrogen (secondary N) is 3. The number of hydrogen-bond acceptors (Lipinski definition) is 4. The lowest BCUT2D eigenvalue weighted by Crippen LogP contribution is -2.36. The molecule has 1 heterocycles. The van der Waals surface area contributed by atoms with Crippen molar-refractivity contribution in [1.29, 1.82) is 0 Å². The van der Waals surface area contributed by atoms with Gasteiger partial charge in [0, 0.05) is 31.3 Å². The second-order valence-electron chi connectivity index (χ2n) is 7.02. The van der Waals surface area contributed by atoms with Crippen molar-refractivity contribution in [3.05, 3.63) is 65.5 Å². The minimum atomic E-state index is -0.389. The molecule has 158 valence electrons. The monoisotopic (exact) mass is 412 g/mol. The predicted molar refractivity (Wildman–Crippen MR) is 113 cm³/mol. The zero-order valence-electron chi connectivity index (χ0n) is 16.8. The lowest BCUT2D eigenvalue weighted by atomic mass is 10.1. The molecular formula is C22H25FN4O3. The molecule has 0 unspecified atom stereocenters. The molecule has 0 radical (unpaired) electrons. The number of amides is 2. The van der Waals surface area contributed by atoms with E-state index in [-0.39, 0.29) is 29.7 Å².